The van der Waals surface area contributed by atoms with E-state index in [-0.39, 0.29) is 0 Å². The minimum absolute atomic E-state index is 0.685. The molecule has 0 saturated carbocycles. The quantitative estimate of drug-likeness (QED) is 0.695. The van der Waals surface area contributed by atoms with E-state index in [0.717, 1.165) is 41.6 Å². The molecule has 4 nitrogen and oxygen atoms in total. The van der Waals surface area contributed by atoms with Crippen LogP contribution in [0.3, 0.4) is 0 Å². The van der Waals surface area contributed by atoms with Crippen molar-refractivity contribution in [1.29, 1.82) is 0 Å². The van der Waals surface area contributed by atoms with E-state index in [1.54, 1.807) is 7.11 Å². The zero-order chi connectivity index (χ0) is 15.9. The smallest absolute Gasteiger partial charge is 0.164 e. The van der Waals surface area contributed by atoms with Crippen LogP contribution < -0.4 is 10.1 Å². The predicted molar refractivity (Wildman–Crippen MR) is 92.3 cm³/mol. The van der Waals surface area contributed by atoms with E-state index in [4.69, 9.17) is 4.74 Å². The van der Waals surface area contributed by atoms with Crippen molar-refractivity contribution in [3.05, 3.63) is 18.2 Å². The maximum atomic E-state index is 10.2. The first kappa shape index (κ1) is 16.8. The van der Waals surface area contributed by atoms with Crippen molar-refractivity contribution in [1.82, 2.24) is 0 Å². The summed E-state index contributed by atoms with van der Waals surface area (Å²) in [6, 6.07) is 5.69. The summed E-state index contributed by atoms with van der Waals surface area (Å²) in [6.45, 7) is 4.54. The Morgan fingerprint density at radius 2 is 2.00 bits per heavy atom. The lowest BCUT2D eigenvalue weighted by molar-refractivity contribution is 0.266. The first-order valence-corrected chi connectivity index (χ1v) is 8.30. The highest BCUT2D eigenvalue weighted by Gasteiger charge is 2.20. The lowest BCUT2D eigenvalue weighted by Gasteiger charge is -2.23. The molecule has 1 atom stereocenters. The van der Waals surface area contributed by atoms with E-state index < -0.39 is 6.23 Å². The zero-order valence-corrected chi connectivity index (χ0v) is 13.9. The number of benzene rings is 1. The second-order valence-corrected chi connectivity index (χ2v) is 6.38. The molecule has 1 heterocycles. The Morgan fingerprint density at radius 1 is 1.23 bits per heavy atom. The highest BCUT2D eigenvalue weighted by molar-refractivity contribution is 5.97. The van der Waals surface area contributed by atoms with E-state index in [2.05, 4.69) is 24.2 Å². The number of ether oxygens (including phenoxy) is 1. The molecule has 1 aliphatic heterocycles. The Balaban J connectivity index is 1.84. The van der Waals surface area contributed by atoms with E-state index in [0.29, 0.717) is 0 Å². The van der Waals surface area contributed by atoms with Crippen LogP contribution in [0.2, 0.25) is 0 Å². The molecule has 0 aromatic heterocycles. The average molecular weight is 304 g/mol. The van der Waals surface area contributed by atoms with Crippen molar-refractivity contribution >= 4 is 17.1 Å². The molecule has 2 rings (SSSR count). The topological polar surface area (TPSA) is 53.8 Å². The third-order valence-electron chi connectivity index (χ3n) is 4.04. The Labute approximate surface area is 133 Å². The van der Waals surface area contributed by atoms with Gasteiger partial charge in [0, 0.05) is 6.07 Å². The molecule has 2 N–H and O–H groups in total. The van der Waals surface area contributed by atoms with Gasteiger partial charge in [-0.2, -0.15) is 0 Å². The SMILES string of the molecule is COc1ccc2c(c1)NC(O)C(CCCCCCC(C)C)=N2. The van der Waals surface area contributed by atoms with Gasteiger partial charge in [0.2, 0.25) is 0 Å². The van der Waals surface area contributed by atoms with E-state index >= 15 is 0 Å². The Kier molecular flexibility index (Phi) is 6.25. The van der Waals surface area contributed by atoms with Gasteiger partial charge in [0.1, 0.15) is 5.75 Å². The molecule has 0 saturated heterocycles. The number of aliphatic hydroxyl groups is 1. The Morgan fingerprint density at radius 3 is 2.73 bits per heavy atom. The number of anilines is 1. The molecule has 0 aliphatic carbocycles. The first-order chi connectivity index (χ1) is 10.6. The molecular weight excluding hydrogens is 276 g/mol. The Hall–Kier alpha value is -1.55. The highest BCUT2D eigenvalue weighted by Crippen LogP contribution is 2.33. The third kappa shape index (κ3) is 4.73. The van der Waals surface area contributed by atoms with Gasteiger partial charge in [-0.05, 0) is 30.9 Å². The lowest BCUT2D eigenvalue weighted by atomic mass is 10.0. The summed E-state index contributed by atoms with van der Waals surface area (Å²) in [4.78, 5) is 4.60. The number of aliphatic imine (C=N–C) groups is 1. The number of methoxy groups -OCH3 is 1. The fraction of sp³-hybridized carbons (Fsp3) is 0.611. The van der Waals surface area contributed by atoms with Crippen LogP contribution in [-0.2, 0) is 0 Å². The van der Waals surface area contributed by atoms with Crippen LogP contribution >= 0.6 is 0 Å². The second kappa shape index (κ2) is 8.18. The summed E-state index contributed by atoms with van der Waals surface area (Å²) in [5.41, 5.74) is 2.54. The molecule has 0 bridgehead atoms. The van der Waals surface area contributed by atoms with Gasteiger partial charge < -0.3 is 15.2 Å². The summed E-state index contributed by atoms with van der Waals surface area (Å²) in [5, 5.41) is 13.3. The minimum atomic E-state index is -0.685. The van der Waals surface area contributed by atoms with Crippen LogP contribution in [0.4, 0.5) is 11.4 Å². The van der Waals surface area contributed by atoms with Crippen LogP contribution in [0, 0.1) is 5.92 Å². The van der Waals surface area contributed by atoms with Gasteiger partial charge in [-0.1, -0.05) is 39.5 Å². The Bertz CT molecular complexity index is 512. The highest BCUT2D eigenvalue weighted by atomic mass is 16.5. The lowest BCUT2D eigenvalue weighted by Crippen LogP contribution is -2.31. The van der Waals surface area contributed by atoms with Crippen molar-refractivity contribution in [3.8, 4) is 5.75 Å². The second-order valence-electron chi connectivity index (χ2n) is 6.38. The molecule has 122 valence electrons. The van der Waals surface area contributed by atoms with Crippen LogP contribution in [-0.4, -0.2) is 24.2 Å². The number of nitrogens with one attached hydrogen (secondary N) is 1. The largest absolute Gasteiger partial charge is 0.497 e. The number of aliphatic hydroxyl groups excluding tert-OH is 1. The van der Waals surface area contributed by atoms with E-state index in [1.807, 2.05) is 18.2 Å². The number of hydrogen-bond donors (Lipinski definition) is 2. The maximum Gasteiger partial charge on any atom is 0.164 e. The molecule has 1 aromatic rings. The monoisotopic (exact) mass is 304 g/mol. The molecule has 4 heteroatoms. The summed E-state index contributed by atoms with van der Waals surface area (Å²) >= 11 is 0. The molecule has 0 fully saturated rings. The maximum absolute atomic E-state index is 10.2. The van der Waals surface area contributed by atoms with Gasteiger partial charge in [0.05, 0.1) is 24.2 Å². The molecular formula is C18H28N2O2. The average Bonchev–Trinajstić information content (AvgIpc) is 2.50. The number of hydrogen-bond acceptors (Lipinski definition) is 4. The van der Waals surface area contributed by atoms with Gasteiger partial charge in [-0.25, -0.2) is 0 Å². The molecule has 1 aliphatic rings. The van der Waals surface area contributed by atoms with Crippen molar-refractivity contribution in [2.45, 2.75) is 58.6 Å². The predicted octanol–water partition coefficient (Wildman–Crippen LogP) is 4.51. The standard InChI is InChI=1S/C18H28N2O2/c1-13(2)8-6-4-5-7-9-16-18(21)20-17-12-14(22-3)10-11-15(17)19-16/h10-13,18,20-21H,4-9H2,1-3H3. The van der Waals surface area contributed by atoms with Crippen LogP contribution in [0.5, 0.6) is 5.75 Å². The number of nitrogens with zero attached hydrogens (tertiary/aromatic N) is 1. The summed E-state index contributed by atoms with van der Waals surface area (Å²) in [5.74, 6) is 1.56. The van der Waals surface area contributed by atoms with Crippen LogP contribution in [0.15, 0.2) is 23.2 Å². The third-order valence-corrected chi connectivity index (χ3v) is 4.04. The number of unbranched alkanes of at least 4 members (excludes halogenated alkanes) is 3. The van der Waals surface area contributed by atoms with Crippen LogP contribution in [0.1, 0.15) is 52.4 Å². The molecule has 22 heavy (non-hydrogen) atoms. The minimum Gasteiger partial charge on any atom is -0.497 e. The zero-order valence-electron chi connectivity index (χ0n) is 13.9. The van der Waals surface area contributed by atoms with E-state index in [9.17, 15) is 5.11 Å². The van der Waals surface area contributed by atoms with Gasteiger partial charge in [0.25, 0.3) is 0 Å². The summed E-state index contributed by atoms with van der Waals surface area (Å²) < 4.78 is 5.19. The summed E-state index contributed by atoms with van der Waals surface area (Å²) in [7, 11) is 1.63. The van der Waals surface area contributed by atoms with Gasteiger partial charge in [-0.15, -0.1) is 0 Å². The molecule has 0 radical (unpaired) electrons. The molecule has 1 unspecified atom stereocenters. The van der Waals surface area contributed by atoms with Crippen molar-refractivity contribution in [2.75, 3.05) is 12.4 Å². The van der Waals surface area contributed by atoms with Gasteiger partial charge in [-0.3, -0.25) is 4.99 Å². The van der Waals surface area contributed by atoms with Crippen molar-refractivity contribution in [2.24, 2.45) is 10.9 Å². The number of fused-ring (bicyclic) bond motifs is 1. The van der Waals surface area contributed by atoms with Gasteiger partial charge >= 0.3 is 0 Å². The number of rotatable bonds is 8. The van der Waals surface area contributed by atoms with Crippen molar-refractivity contribution in [3.63, 3.8) is 0 Å². The van der Waals surface area contributed by atoms with Crippen molar-refractivity contribution < 1.29 is 9.84 Å². The molecule has 1 aromatic carbocycles. The first-order valence-electron chi connectivity index (χ1n) is 8.30. The fourth-order valence-electron chi connectivity index (χ4n) is 2.71. The molecule has 0 spiro atoms. The van der Waals surface area contributed by atoms with Gasteiger partial charge in [0.15, 0.2) is 6.23 Å². The van der Waals surface area contributed by atoms with Crippen LogP contribution in [0.25, 0.3) is 0 Å². The summed E-state index contributed by atoms with van der Waals surface area (Å²) in [6.07, 6.45) is 6.32. The normalized spacial score (nSPS) is 17.0. The fourth-order valence-corrected chi connectivity index (χ4v) is 2.71. The molecule has 0 amide bonds. The van der Waals surface area contributed by atoms with E-state index in [1.165, 1.54) is 25.7 Å².